The van der Waals surface area contributed by atoms with Gasteiger partial charge in [0.1, 0.15) is 23.1 Å². The van der Waals surface area contributed by atoms with E-state index < -0.39 is 0 Å². The fourth-order valence-electron chi connectivity index (χ4n) is 4.77. The number of hydrogen-bond acceptors (Lipinski definition) is 5. The summed E-state index contributed by atoms with van der Waals surface area (Å²) in [6.07, 6.45) is 0. The van der Waals surface area contributed by atoms with Crippen molar-refractivity contribution in [1.29, 1.82) is 0 Å². The zero-order valence-corrected chi connectivity index (χ0v) is 21.3. The van der Waals surface area contributed by atoms with Crippen molar-refractivity contribution in [2.45, 2.75) is 69.2 Å². The van der Waals surface area contributed by atoms with Gasteiger partial charge in [-0.3, -0.25) is 5.10 Å². The van der Waals surface area contributed by atoms with Gasteiger partial charge in [-0.2, -0.15) is 5.10 Å². The summed E-state index contributed by atoms with van der Waals surface area (Å²) in [7, 11) is 0. The molecule has 0 unspecified atom stereocenters. The average Bonchev–Trinajstić information content (AvgIpc) is 3.18. The van der Waals surface area contributed by atoms with Gasteiger partial charge in [-0.05, 0) is 119 Å². The number of nitrogens with one attached hydrogen (secondary N) is 1. The summed E-state index contributed by atoms with van der Waals surface area (Å²) >= 11 is 0. The number of anilines is 1. The van der Waals surface area contributed by atoms with Crippen LogP contribution < -0.4 is 10.5 Å². The maximum atomic E-state index is 6.70. The first-order valence-electron chi connectivity index (χ1n) is 11.3. The number of benzene rings is 2. The smallest absolute Gasteiger partial charge is 0.187 e. The summed E-state index contributed by atoms with van der Waals surface area (Å²) in [5, 5.41) is 8.34. The van der Waals surface area contributed by atoms with Gasteiger partial charge in [0.15, 0.2) is 5.65 Å². The highest BCUT2D eigenvalue weighted by Crippen LogP contribution is 2.43. The molecule has 0 amide bonds. The molecule has 2 heterocycles. The number of H-pyrrole nitrogens is 1. The number of fused-ring (bicyclic) bond motifs is 1. The van der Waals surface area contributed by atoms with E-state index in [1.165, 1.54) is 27.8 Å². The molecule has 2 aromatic carbocycles. The van der Waals surface area contributed by atoms with Crippen LogP contribution in [0.3, 0.4) is 0 Å². The highest BCUT2D eigenvalue weighted by Gasteiger charge is 2.23. The van der Waals surface area contributed by atoms with E-state index in [2.05, 4.69) is 82.5 Å². The van der Waals surface area contributed by atoms with Gasteiger partial charge < -0.3 is 10.5 Å². The molecule has 0 bridgehead atoms. The molecule has 0 fully saturated rings. The van der Waals surface area contributed by atoms with E-state index in [-0.39, 0.29) is 0 Å². The number of aromatic nitrogens is 4. The molecule has 3 N–H and O–H groups in total. The van der Waals surface area contributed by atoms with Crippen LogP contribution in [0.5, 0.6) is 11.5 Å². The standard InChI is InChI=1S/C27H33N5O/c1-11-12(2)16(6)24(17(7)13(11)3)33-25-18(8)14(4)21(15(5)19(25)9)23-22-26(28)29-20(10)30-27(22)32-31-23/h1-10H3,(H3,28,29,30,31,32). The Morgan fingerprint density at radius 1 is 0.606 bits per heavy atom. The van der Waals surface area contributed by atoms with Crippen LogP contribution in [0.15, 0.2) is 0 Å². The van der Waals surface area contributed by atoms with Crippen LogP contribution in [0.25, 0.3) is 22.3 Å². The Bertz CT molecular complexity index is 1390. The number of nitrogens with two attached hydrogens (primary N) is 1. The second-order valence-electron chi connectivity index (χ2n) is 9.21. The molecule has 4 rings (SSSR count). The normalized spacial score (nSPS) is 11.5. The third-order valence-corrected chi connectivity index (χ3v) is 7.49. The summed E-state index contributed by atoms with van der Waals surface area (Å²) in [5.41, 5.74) is 19.5. The SMILES string of the molecule is Cc1nc(N)c2c(-c3c(C)c(C)c(Oc4c(C)c(C)c(C)c(C)c4C)c(C)c3C)[nH]nc2n1. The third kappa shape index (κ3) is 3.36. The van der Waals surface area contributed by atoms with Crippen molar-refractivity contribution in [2.75, 3.05) is 5.73 Å². The molecule has 2 aromatic heterocycles. The van der Waals surface area contributed by atoms with Crippen molar-refractivity contribution in [3.05, 3.63) is 55.9 Å². The number of hydrogen-bond donors (Lipinski definition) is 2. The molecule has 0 saturated heterocycles. The fourth-order valence-corrected chi connectivity index (χ4v) is 4.77. The molecule has 33 heavy (non-hydrogen) atoms. The maximum absolute atomic E-state index is 6.70. The molecular formula is C27H33N5O. The minimum absolute atomic E-state index is 0.438. The second kappa shape index (κ2) is 7.87. The largest absolute Gasteiger partial charge is 0.456 e. The number of ether oxygens (including phenoxy) is 1. The van der Waals surface area contributed by atoms with Gasteiger partial charge in [0.25, 0.3) is 0 Å². The second-order valence-corrected chi connectivity index (χ2v) is 9.21. The fraction of sp³-hybridized carbons (Fsp3) is 0.370. The Hall–Kier alpha value is -3.41. The highest BCUT2D eigenvalue weighted by molar-refractivity contribution is 5.99. The highest BCUT2D eigenvalue weighted by atomic mass is 16.5. The van der Waals surface area contributed by atoms with Crippen molar-refractivity contribution in [3.8, 4) is 22.8 Å². The number of aromatic amines is 1. The summed E-state index contributed by atoms with van der Waals surface area (Å²) < 4.78 is 6.70. The van der Waals surface area contributed by atoms with Crippen LogP contribution in [0.1, 0.15) is 55.9 Å². The van der Waals surface area contributed by atoms with Gasteiger partial charge in [-0.1, -0.05) is 0 Å². The van der Waals surface area contributed by atoms with Crippen molar-refractivity contribution in [3.63, 3.8) is 0 Å². The molecule has 0 aliphatic rings. The van der Waals surface area contributed by atoms with Crippen molar-refractivity contribution >= 4 is 16.9 Å². The predicted octanol–water partition coefficient (Wildman–Crippen LogP) is 6.48. The average molecular weight is 444 g/mol. The van der Waals surface area contributed by atoms with Gasteiger partial charge in [0.2, 0.25) is 0 Å². The lowest BCUT2D eigenvalue weighted by molar-refractivity contribution is 0.465. The van der Waals surface area contributed by atoms with Gasteiger partial charge in [0.05, 0.1) is 11.1 Å². The van der Waals surface area contributed by atoms with Crippen LogP contribution in [0, 0.1) is 69.2 Å². The minimum atomic E-state index is 0.438. The molecule has 4 aromatic rings. The number of aryl methyl sites for hydroxylation is 1. The molecule has 0 aliphatic heterocycles. The lowest BCUT2D eigenvalue weighted by Gasteiger charge is -2.24. The van der Waals surface area contributed by atoms with E-state index in [1.807, 2.05) is 6.92 Å². The first-order valence-corrected chi connectivity index (χ1v) is 11.3. The number of nitrogen functional groups attached to an aromatic ring is 1. The first kappa shape index (κ1) is 22.8. The quantitative estimate of drug-likeness (QED) is 0.378. The van der Waals surface area contributed by atoms with Gasteiger partial charge >= 0.3 is 0 Å². The minimum Gasteiger partial charge on any atom is -0.456 e. The summed E-state index contributed by atoms with van der Waals surface area (Å²) in [6, 6.07) is 0. The van der Waals surface area contributed by atoms with E-state index in [1.54, 1.807) is 0 Å². The van der Waals surface area contributed by atoms with Crippen LogP contribution in [-0.2, 0) is 0 Å². The van der Waals surface area contributed by atoms with Crippen LogP contribution in [-0.4, -0.2) is 20.2 Å². The molecule has 0 radical (unpaired) electrons. The zero-order chi connectivity index (χ0) is 24.4. The van der Waals surface area contributed by atoms with Crippen molar-refractivity contribution < 1.29 is 4.74 Å². The van der Waals surface area contributed by atoms with Crippen LogP contribution >= 0.6 is 0 Å². The number of nitrogens with zero attached hydrogens (tertiary/aromatic N) is 3. The van der Waals surface area contributed by atoms with Crippen LogP contribution in [0.4, 0.5) is 5.82 Å². The molecule has 0 saturated carbocycles. The van der Waals surface area contributed by atoms with E-state index in [9.17, 15) is 0 Å². The Morgan fingerprint density at radius 2 is 1.06 bits per heavy atom. The molecule has 0 spiro atoms. The van der Waals surface area contributed by atoms with E-state index in [4.69, 9.17) is 10.5 Å². The monoisotopic (exact) mass is 443 g/mol. The molecule has 0 aliphatic carbocycles. The summed E-state index contributed by atoms with van der Waals surface area (Å²) in [5.74, 6) is 2.91. The predicted molar refractivity (Wildman–Crippen MR) is 135 cm³/mol. The lowest BCUT2D eigenvalue weighted by Crippen LogP contribution is -2.05. The molecular weight excluding hydrogens is 410 g/mol. The molecule has 172 valence electrons. The first-order chi connectivity index (χ1) is 15.5. The van der Waals surface area contributed by atoms with Gasteiger partial charge in [0, 0.05) is 5.56 Å². The molecule has 6 nitrogen and oxygen atoms in total. The van der Waals surface area contributed by atoms with E-state index in [0.29, 0.717) is 17.3 Å². The van der Waals surface area contributed by atoms with E-state index >= 15 is 0 Å². The third-order valence-electron chi connectivity index (χ3n) is 7.49. The zero-order valence-electron chi connectivity index (χ0n) is 21.3. The Morgan fingerprint density at radius 3 is 1.58 bits per heavy atom. The number of rotatable bonds is 3. The molecule has 6 heteroatoms. The van der Waals surface area contributed by atoms with Gasteiger partial charge in [-0.25, -0.2) is 9.97 Å². The summed E-state index contributed by atoms with van der Waals surface area (Å²) in [6.45, 7) is 21.1. The van der Waals surface area contributed by atoms with Crippen molar-refractivity contribution in [2.24, 2.45) is 0 Å². The topological polar surface area (TPSA) is 89.7 Å². The summed E-state index contributed by atoms with van der Waals surface area (Å²) in [4.78, 5) is 8.81. The maximum Gasteiger partial charge on any atom is 0.187 e. The molecule has 0 atom stereocenters. The Balaban J connectivity index is 1.94. The van der Waals surface area contributed by atoms with Crippen molar-refractivity contribution in [1.82, 2.24) is 20.2 Å². The van der Waals surface area contributed by atoms with E-state index in [0.717, 1.165) is 50.4 Å². The Labute approximate surface area is 195 Å². The van der Waals surface area contributed by atoms with Crippen LogP contribution in [0.2, 0.25) is 0 Å². The lowest BCUT2D eigenvalue weighted by atomic mass is 9.90. The van der Waals surface area contributed by atoms with Gasteiger partial charge in [-0.15, -0.1) is 0 Å². The Kier molecular flexibility index (Phi) is 5.43.